The van der Waals surface area contributed by atoms with Crippen molar-refractivity contribution in [2.24, 2.45) is 5.73 Å². The maximum Gasteiger partial charge on any atom is 0.0406 e. The Hall–Kier alpha value is -0.180. The number of nitrogens with two attached hydrogens (primary N) is 1. The maximum atomic E-state index is 5.99. The molecule has 0 aliphatic carbocycles. The normalized spacial score (nSPS) is 12.7. The van der Waals surface area contributed by atoms with Gasteiger partial charge in [-0.15, -0.1) is 11.8 Å². The molecule has 1 nitrogen and oxygen atoms in total. The molecular formula is C12H18ClNS. The van der Waals surface area contributed by atoms with Crippen LogP contribution in [0.5, 0.6) is 0 Å². The monoisotopic (exact) mass is 243 g/mol. The van der Waals surface area contributed by atoms with Crippen molar-refractivity contribution in [3.8, 4) is 0 Å². The van der Waals surface area contributed by atoms with Gasteiger partial charge in [-0.25, -0.2) is 0 Å². The lowest BCUT2D eigenvalue weighted by Gasteiger charge is -2.10. The second-order valence-electron chi connectivity index (χ2n) is 3.67. The van der Waals surface area contributed by atoms with Gasteiger partial charge in [0.2, 0.25) is 0 Å². The predicted octanol–water partition coefficient (Wildman–Crippen LogP) is 3.95. The Bertz CT molecular complexity index is 273. The Kier molecular flexibility index (Phi) is 6.15. The van der Waals surface area contributed by atoms with Crippen molar-refractivity contribution < 1.29 is 0 Å². The van der Waals surface area contributed by atoms with Crippen LogP contribution >= 0.6 is 23.4 Å². The van der Waals surface area contributed by atoms with E-state index in [1.54, 1.807) is 11.8 Å². The predicted molar refractivity (Wildman–Crippen MR) is 69.7 cm³/mol. The highest BCUT2D eigenvalue weighted by molar-refractivity contribution is 7.99. The lowest BCUT2D eigenvalue weighted by Crippen LogP contribution is -2.22. The molecule has 0 aliphatic heterocycles. The van der Waals surface area contributed by atoms with Crippen LogP contribution in [0.25, 0.3) is 0 Å². The SMILES string of the molecule is CCCCC(N)CSc1ccc(Cl)cc1. The number of rotatable bonds is 6. The zero-order valence-electron chi connectivity index (χ0n) is 9.08. The number of thioether (sulfide) groups is 1. The fraction of sp³-hybridized carbons (Fsp3) is 0.500. The van der Waals surface area contributed by atoms with Gasteiger partial charge in [-0.2, -0.15) is 0 Å². The fourth-order valence-electron chi connectivity index (χ4n) is 1.28. The molecule has 1 atom stereocenters. The molecule has 0 radical (unpaired) electrons. The lowest BCUT2D eigenvalue weighted by atomic mass is 10.2. The Labute approximate surface area is 101 Å². The van der Waals surface area contributed by atoms with Gasteiger partial charge in [0.1, 0.15) is 0 Å². The molecule has 0 spiro atoms. The molecule has 1 aromatic rings. The second kappa shape index (κ2) is 7.15. The quantitative estimate of drug-likeness (QED) is 0.766. The first kappa shape index (κ1) is 12.9. The molecule has 2 N–H and O–H groups in total. The van der Waals surface area contributed by atoms with Crippen LogP contribution in [0.1, 0.15) is 26.2 Å². The third-order valence-corrected chi connectivity index (χ3v) is 3.66. The van der Waals surface area contributed by atoms with E-state index in [1.807, 2.05) is 24.3 Å². The van der Waals surface area contributed by atoms with E-state index < -0.39 is 0 Å². The maximum absolute atomic E-state index is 5.99. The van der Waals surface area contributed by atoms with Crippen molar-refractivity contribution >= 4 is 23.4 Å². The Balaban J connectivity index is 2.27. The van der Waals surface area contributed by atoms with E-state index in [2.05, 4.69) is 6.92 Å². The van der Waals surface area contributed by atoms with Crippen molar-refractivity contribution in [1.29, 1.82) is 0 Å². The minimum Gasteiger partial charge on any atom is -0.327 e. The van der Waals surface area contributed by atoms with Crippen LogP contribution in [0, 0.1) is 0 Å². The first-order valence-electron chi connectivity index (χ1n) is 5.36. The van der Waals surface area contributed by atoms with E-state index >= 15 is 0 Å². The van der Waals surface area contributed by atoms with Gasteiger partial charge < -0.3 is 5.73 Å². The zero-order valence-corrected chi connectivity index (χ0v) is 10.7. The topological polar surface area (TPSA) is 26.0 Å². The molecule has 0 aliphatic rings. The first-order valence-corrected chi connectivity index (χ1v) is 6.72. The number of benzene rings is 1. The van der Waals surface area contributed by atoms with E-state index in [4.69, 9.17) is 17.3 Å². The summed E-state index contributed by atoms with van der Waals surface area (Å²) in [6.45, 7) is 2.19. The van der Waals surface area contributed by atoms with E-state index in [9.17, 15) is 0 Å². The summed E-state index contributed by atoms with van der Waals surface area (Å²) >= 11 is 7.61. The van der Waals surface area contributed by atoms with Gasteiger partial charge in [-0.05, 0) is 30.7 Å². The number of halogens is 1. The largest absolute Gasteiger partial charge is 0.327 e. The second-order valence-corrected chi connectivity index (χ2v) is 5.20. The van der Waals surface area contributed by atoms with Crippen LogP contribution in [0.3, 0.4) is 0 Å². The average molecular weight is 244 g/mol. The third-order valence-electron chi connectivity index (χ3n) is 2.21. The molecule has 0 fully saturated rings. The summed E-state index contributed by atoms with van der Waals surface area (Å²) in [5, 5.41) is 0.787. The molecule has 0 saturated carbocycles. The Morgan fingerprint density at radius 2 is 2.00 bits per heavy atom. The molecule has 0 heterocycles. The van der Waals surface area contributed by atoms with Gasteiger partial charge in [-0.3, -0.25) is 0 Å². The van der Waals surface area contributed by atoms with Crippen LogP contribution in [0.2, 0.25) is 5.02 Å². The van der Waals surface area contributed by atoms with Gasteiger partial charge in [0.25, 0.3) is 0 Å². The third kappa shape index (κ3) is 5.45. The van der Waals surface area contributed by atoms with Crippen molar-refractivity contribution in [3.05, 3.63) is 29.3 Å². The number of unbranched alkanes of at least 4 members (excludes halogenated alkanes) is 1. The Morgan fingerprint density at radius 3 is 2.60 bits per heavy atom. The zero-order chi connectivity index (χ0) is 11.1. The van der Waals surface area contributed by atoms with Crippen LogP contribution in [-0.4, -0.2) is 11.8 Å². The van der Waals surface area contributed by atoms with Gasteiger partial charge in [0.15, 0.2) is 0 Å². The van der Waals surface area contributed by atoms with Crippen molar-refractivity contribution in [2.75, 3.05) is 5.75 Å². The first-order chi connectivity index (χ1) is 7.22. The van der Waals surface area contributed by atoms with E-state index in [-0.39, 0.29) is 0 Å². The molecule has 0 bridgehead atoms. The molecule has 1 unspecified atom stereocenters. The fourth-order valence-corrected chi connectivity index (χ4v) is 2.31. The summed E-state index contributed by atoms with van der Waals surface area (Å²) in [7, 11) is 0. The van der Waals surface area contributed by atoms with Crippen molar-refractivity contribution in [2.45, 2.75) is 37.1 Å². The standard InChI is InChI=1S/C12H18ClNS/c1-2-3-4-11(14)9-15-12-7-5-10(13)6-8-12/h5-8,11H,2-4,9,14H2,1H3. The van der Waals surface area contributed by atoms with E-state index in [0.29, 0.717) is 6.04 Å². The molecule has 15 heavy (non-hydrogen) atoms. The molecule has 3 heteroatoms. The smallest absolute Gasteiger partial charge is 0.0406 e. The molecular weight excluding hydrogens is 226 g/mol. The average Bonchev–Trinajstić information content (AvgIpc) is 2.25. The number of hydrogen-bond acceptors (Lipinski definition) is 2. The van der Waals surface area contributed by atoms with Crippen LogP contribution in [-0.2, 0) is 0 Å². The van der Waals surface area contributed by atoms with Crippen LogP contribution < -0.4 is 5.73 Å². The summed E-state index contributed by atoms with van der Waals surface area (Å²) < 4.78 is 0. The van der Waals surface area contributed by atoms with Gasteiger partial charge >= 0.3 is 0 Å². The van der Waals surface area contributed by atoms with Gasteiger partial charge in [0, 0.05) is 21.7 Å². The summed E-state index contributed by atoms with van der Waals surface area (Å²) in [4.78, 5) is 1.24. The Morgan fingerprint density at radius 1 is 1.33 bits per heavy atom. The molecule has 0 amide bonds. The van der Waals surface area contributed by atoms with Crippen LogP contribution in [0.4, 0.5) is 0 Å². The van der Waals surface area contributed by atoms with Crippen molar-refractivity contribution in [3.63, 3.8) is 0 Å². The summed E-state index contributed by atoms with van der Waals surface area (Å²) in [6, 6.07) is 8.23. The summed E-state index contributed by atoms with van der Waals surface area (Å²) in [6.07, 6.45) is 3.57. The minimum atomic E-state index is 0.311. The molecule has 84 valence electrons. The highest BCUT2D eigenvalue weighted by Gasteiger charge is 2.02. The molecule has 1 aromatic carbocycles. The van der Waals surface area contributed by atoms with E-state index in [0.717, 1.165) is 17.2 Å². The highest BCUT2D eigenvalue weighted by Crippen LogP contribution is 2.21. The van der Waals surface area contributed by atoms with Gasteiger partial charge in [0.05, 0.1) is 0 Å². The molecule has 0 saturated heterocycles. The van der Waals surface area contributed by atoms with Gasteiger partial charge in [-0.1, -0.05) is 31.4 Å². The molecule has 1 rings (SSSR count). The highest BCUT2D eigenvalue weighted by atomic mass is 35.5. The number of hydrogen-bond donors (Lipinski definition) is 1. The van der Waals surface area contributed by atoms with Crippen LogP contribution in [0.15, 0.2) is 29.2 Å². The lowest BCUT2D eigenvalue weighted by molar-refractivity contribution is 0.622. The summed E-state index contributed by atoms with van der Waals surface area (Å²) in [5.74, 6) is 0.988. The van der Waals surface area contributed by atoms with Crippen molar-refractivity contribution in [1.82, 2.24) is 0 Å². The molecule has 0 aromatic heterocycles. The minimum absolute atomic E-state index is 0.311. The summed E-state index contributed by atoms with van der Waals surface area (Å²) in [5.41, 5.74) is 5.99. The van der Waals surface area contributed by atoms with E-state index in [1.165, 1.54) is 17.7 Å².